The first-order chi connectivity index (χ1) is 17.5. The minimum absolute atomic E-state index is 0.0324. The minimum Gasteiger partial charge on any atom is -0.497 e. The van der Waals surface area contributed by atoms with Crippen LogP contribution in [0.25, 0.3) is 11.1 Å². The molecule has 6 heteroatoms. The maximum absolute atomic E-state index is 13.4. The summed E-state index contributed by atoms with van der Waals surface area (Å²) < 4.78 is 16.8. The van der Waals surface area contributed by atoms with E-state index in [0.717, 1.165) is 18.4 Å². The summed E-state index contributed by atoms with van der Waals surface area (Å²) in [6.07, 6.45) is 2.36. The molecule has 2 heterocycles. The molecule has 2 atom stereocenters. The van der Waals surface area contributed by atoms with Gasteiger partial charge in [-0.1, -0.05) is 48.5 Å². The predicted octanol–water partition coefficient (Wildman–Crippen LogP) is 5.47. The van der Waals surface area contributed by atoms with Gasteiger partial charge in [0.15, 0.2) is 0 Å². The molecule has 0 saturated carbocycles. The van der Waals surface area contributed by atoms with Crippen LogP contribution in [-0.2, 0) is 10.3 Å². The highest BCUT2D eigenvalue weighted by atomic mass is 16.6. The largest absolute Gasteiger partial charge is 0.497 e. The lowest BCUT2D eigenvalue weighted by Crippen LogP contribution is -2.52. The molecule has 0 radical (unpaired) electrons. The third-order valence-corrected chi connectivity index (χ3v) is 8.20. The number of rotatable bonds is 5. The fourth-order valence-corrected chi connectivity index (χ4v) is 6.50. The summed E-state index contributed by atoms with van der Waals surface area (Å²) in [4.78, 5) is 15.2. The quantitative estimate of drug-likeness (QED) is 0.519. The number of methoxy groups -OCH3 is 2. The Morgan fingerprint density at radius 3 is 1.94 bits per heavy atom. The number of ether oxygens (including phenoxy) is 3. The van der Waals surface area contributed by atoms with E-state index in [9.17, 15) is 9.90 Å². The van der Waals surface area contributed by atoms with Gasteiger partial charge in [0.1, 0.15) is 18.1 Å². The highest BCUT2D eigenvalue weighted by molar-refractivity contribution is 5.79. The van der Waals surface area contributed by atoms with Crippen LogP contribution in [-0.4, -0.2) is 49.0 Å². The lowest BCUT2D eigenvalue weighted by molar-refractivity contribution is -0.0533. The zero-order valence-corrected chi connectivity index (χ0v) is 20.6. The Bertz CT molecular complexity index is 1220. The summed E-state index contributed by atoms with van der Waals surface area (Å²) in [5.74, 6) is 1.32. The molecule has 0 aromatic heterocycles. The van der Waals surface area contributed by atoms with E-state index in [1.54, 1.807) is 20.3 Å². The molecule has 2 bridgehead atoms. The van der Waals surface area contributed by atoms with Crippen molar-refractivity contribution in [2.45, 2.75) is 49.3 Å². The van der Waals surface area contributed by atoms with Crippen molar-refractivity contribution in [3.05, 3.63) is 83.4 Å². The first kappa shape index (κ1) is 22.9. The molecule has 3 aliphatic rings. The number of benzene rings is 3. The standard InChI is InChI=1S/C30H31NO5/c1-34-22-13-19(14-23(15-22)35-2)30(33)16-20-11-12-21(17-30)31(20)29(32)36-18-28-26-9-5-3-7-24(26)25-8-4-6-10-27(25)28/h3-10,13-15,20-21,28,33H,11-12,16-18H2,1-2H3. The van der Waals surface area contributed by atoms with Gasteiger partial charge in [0.2, 0.25) is 0 Å². The summed E-state index contributed by atoms with van der Waals surface area (Å²) in [5, 5.41) is 11.7. The van der Waals surface area contributed by atoms with Crippen LogP contribution < -0.4 is 9.47 Å². The third-order valence-electron chi connectivity index (χ3n) is 8.20. The Morgan fingerprint density at radius 2 is 1.42 bits per heavy atom. The molecule has 6 rings (SSSR count). The van der Waals surface area contributed by atoms with Gasteiger partial charge in [0.05, 0.1) is 19.8 Å². The van der Waals surface area contributed by atoms with Gasteiger partial charge in [-0.15, -0.1) is 0 Å². The first-order valence-corrected chi connectivity index (χ1v) is 12.6. The second-order valence-electron chi connectivity index (χ2n) is 10.1. The van der Waals surface area contributed by atoms with Crippen LogP contribution in [0.4, 0.5) is 4.79 Å². The molecule has 1 aliphatic carbocycles. The van der Waals surface area contributed by atoms with Crippen molar-refractivity contribution in [2.75, 3.05) is 20.8 Å². The van der Waals surface area contributed by atoms with Gasteiger partial charge in [0.25, 0.3) is 0 Å². The van der Waals surface area contributed by atoms with Crippen molar-refractivity contribution in [3.63, 3.8) is 0 Å². The number of carbonyl (C=O) groups is 1. The Hall–Kier alpha value is -3.51. The zero-order chi connectivity index (χ0) is 24.9. The predicted molar refractivity (Wildman–Crippen MR) is 136 cm³/mol. The van der Waals surface area contributed by atoms with E-state index < -0.39 is 5.60 Å². The van der Waals surface area contributed by atoms with Gasteiger partial charge in [-0.05, 0) is 52.8 Å². The minimum atomic E-state index is -1.05. The van der Waals surface area contributed by atoms with Crippen molar-refractivity contribution >= 4 is 6.09 Å². The van der Waals surface area contributed by atoms with Gasteiger partial charge in [-0.3, -0.25) is 0 Å². The van der Waals surface area contributed by atoms with Gasteiger partial charge in [-0.25, -0.2) is 4.79 Å². The van der Waals surface area contributed by atoms with E-state index in [2.05, 4.69) is 36.4 Å². The maximum atomic E-state index is 13.4. The molecule has 186 valence electrons. The molecule has 6 nitrogen and oxygen atoms in total. The van der Waals surface area contributed by atoms with Crippen molar-refractivity contribution in [1.82, 2.24) is 4.90 Å². The number of aliphatic hydroxyl groups is 1. The molecule has 2 unspecified atom stereocenters. The molecule has 2 fully saturated rings. The van der Waals surface area contributed by atoms with E-state index in [1.807, 2.05) is 29.2 Å². The fraction of sp³-hybridized carbons (Fsp3) is 0.367. The van der Waals surface area contributed by atoms with E-state index in [4.69, 9.17) is 14.2 Å². The number of hydrogen-bond acceptors (Lipinski definition) is 5. The van der Waals surface area contributed by atoms with E-state index >= 15 is 0 Å². The van der Waals surface area contributed by atoms with Gasteiger partial charge >= 0.3 is 6.09 Å². The molecule has 0 spiro atoms. The average molecular weight is 486 g/mol. The summed E-state index contributed by atoms with van der Waals surface area (Å²) in [6, 6.07) is 22.1. The third kappa shape index (κ3) is 3.71. The summed E-state index contributed by atoms with van der Waals surface area (Å²) in [6.45, 7) is 0.306. The zero-order valence-electron chi connectivity index (χ0n) is 20.6. The number of piperidine rings is 1. The lowest BCUT2D eigenvalue weighted by Gasteiger charge is -2.43. The molecule has 3 aromatic rings. The monoisotopic (exact) mass is 485 g/mol. The van der Waals surface area contributed by atoms with Crippen molar-refractivity contribution in [2.24, 2.45) is 0 Å². The number of carbonyl (C=O) groups excluding carboxylic acids is 1. The van der Waals surface area contributed by atoms with Gasteiger partial charge in [-0.2, -0.15) is 0 Å². The van der Waals surface area contributed by atoms with Gasteiger partial charge in [0, 0.05) is 36.9 Å². The molecule has 1 N–H and O–H groups in total. The number of fused-ring (bicyclic) bond motifs is 5. The van der Waals surface area contributed by atoms with Gasteiger partial charge < -0.3 is 24.2 Å². The molecule has 3 aromatic carbocycles. The highest BCUT2D eigenvalue weighted by Gasteiger charge is 2.51. The fourth-order valence-electron chi connectivity index (χ4n) is 6.50. The van der Waals surface area contributed by atoms with Crippen LogP contribution >= 0.6 is 0 Å². The van der Waals surface area contributed by atoms with Crippen LogP contribution in [0.3, 0.4) is 0 Å². The summed E-state index contributed by atoms with van der Waals surface area (Å²) in [5.41, 5.74) is 4.55. The molecule has 2 aliphatic heterocycles. The normalized spacial score (nSPS) is 24.2. The van der Waals surface area contributed by atoms with Crippen LogP contribution in [0, 0.1) is 0 Å². The second kappa shape index (κ2) is 8.86. The molecular weight excluding hydrogens is 454 g/mol. The Labute approximate surface area is 211 Å². The Kier molecular flexibility index (Phi) is 5.64. The smallest absolute Gasteiger partial charge is 0.410 e. The first-order valence-electron chi connectivity index (χ1n) is 12.6. The lowest BCUT2D eigenvalue weighted by atomic mass is 9.80. The van der Waals surface area contributed by atoms with Crippen LogP contribution in [0.1, 0.15) is 48.3 Å². The highest BCUT2D eigenvalue weighted by Crippen LogP contribution is 2.48. The molecule has 1 amide bonds. The van der Waals surface area contributed by atoms with E-state index in [1.165, 1.54) is 22.3 Å². The van der Waals surface area contributed by atoms with Crippen LogP contribution in [0.2, 0.25) is 0 Å². The van der Waals surface area contributed by atoms with Crippen molar-refractivity contribution < 1.29 is 24.1 Å². The molecule has 2 saturated heterocycles. The topological polar surface area (TPSA) is 68.2 Å². The number of hydrogen-bond donors (Lipinski definition) is 1. The SMILES string of the molecule is COc1cc(OC)cc(C2(O)CC3CCC(C2)N3C(=O)OCC2c3ccccc3-c3ccccc32)c1. The van der Waals surface area contributed by atoms with E-state index in [-0.39, 0.29) is 24.1 Å². The van der Waals surface area contributed by atoms with Crippen molar-refractivity contribution in [1.29, 1.82) is 0 Å². The van der Waals surface area contributed by atoms with Crippen LogP contribution in [0.15, 0.2) is 66.7 Å². The number of nitrogens with zero attached hydrogens (tertiary/aromatic N) is 1. The van der Waals surface area contributed by atoms with E-state index in [0.29, 0.717) is 30.9 Å². The second-order valence-corrected chi connectivity index (χ2v) is 10.1. The summed E-state index contributed by atoms with van der Waals surface area (Å²) >= 11 is 0. The molecular formula is C30H31NO5. The Balaban J connectivity index is 1.19. The Morgan fingerprint density at radius 1 is 0.889 bits per heavy atom. The summed E-state index contributed by atoms with van der Waals surface area (Å²) in [7, 11) is 3.21. The van der Waals surface area contributed by atoms with Crippen molar-refractivity contribution in [3.8, 4) is 22.6 Å². The average Bonchev–Trinajstić information content (AvgIpc) is 3.38. The maximum Gasteiger partial charge on any atom is 0.410 e. The molecule has 36 heavy (non-hydrogen) atoms. The number of amides is 1. The van der Waals surface area contributed by atoms with Crippen LogP contribution in [0.5, 0.6) is 11.5 Å².